The average molecular weight is 2010 g/mol. The van der Waals surface area contributed by atoms with Crippen LogP contribution in [0.5, 0.6) is 0 Å². The maximum atomic E-state index is 6.61. The van der Waals surface area contributed by atoms with Crippen LogP contribution in [0, 0.1) is 6.92 Å². The fourth-order valence-electron chi connectivity index (χ4n) is 16.4. The van der Waals surface area contributed by atoms with E-state index in [2.05, 4.69) is 217 Å². The Balaban J connectivity index is 0.000000421. The van der Waals surface area contributed by atoms with E-state index in [1.165, 1.54) is 288 Å². The van der Waals surface area contributed by atoms with E-state index in [9.17, 15) is 0 Å². The summed E-state index contributed by atoms with van der Waals surface area (Å²) in [6, 6.07) is 22.8. The van der Waals surface area contributed by atoms with Crippen LogP contribution in [0.4, 0.5) is 0 Å². The third-order valence-corrected chi connectivity index (χ3v) is 41.5. The third kappa shape index (κ3) is 54.7. The highest BCUT2D eigenvalue weighted by Crippen LogP contribution is 2.64. The smallest absolute Gasteiger partial charge is 0.249 e. The number of nitrogens with zero attached hydrogens (tertiary/aromatic N) is 12. The summed E-state index contributed by atoms with van der Waals surface area (Å²) >= 11 is 23.6. The fourth-order valence-corrected chi connectivity index (χ4v) is 30.4. The number of aryl methyl sites for hydroxylation is 1. The molecule has 762 valence electrons. The summed E-state index contributed by atoms with van der Waals surface area (Å²) in [5, 5.41) is 27.0. The molecule has 6 rings (SSSR count). The van der Waals surface area contributed by atoms with Gasteiger partial charge in [-0.3, -0.25) is 14.7 Å². The largest absolute Gasteiger partial charge is 0.322 e. The molecule has 0 radical (unpaired) electrons. The molecule has 0 aliphatic rings. The van der Waals surface area contributed by atoms with Crippen molar-refractivity contribution in [2.75, 3.05) is 44.1 Å². The first kappa shape index (κ1) is 123. The molecule has 0 fully saturated rings. The van der Waals surface area contributed by atoms with Gasteiger partial charge >= 0.3 is 0 Å². The summed E-state index contributed by atoms with van der Waals surface area (Å²) in [6.45, 7) is 45.4. The molecule has 0 N–H and O–H groups in total. The highest BCUT2D eigenvalue weighted by Gasteiger charge is 2.36. The number of hydrogen-bond acceptors (Lipinski definition) is 21. The van der Waals surface area contributed by atoms with E-state index in [1.54, 1.807) is 34.1 Å². The molecule has 0 aliphatic carbocycles. The Kier molecular flexibility index (Phi) is 69.2. The summed E-state index contributed by atoms with van der Waals surface area (Å²) < 4.78 is 44.7. The van der Waals surface area contributed by atoms with Crippen molar-refractivity contribution in [3.63, 3.8) is 0 Å². The van der Waals surface area contributed by atoms with Crippen molar-refractivity contribution in [1.29, 1.82) is 0 Å². The molecule has 3 aromatic heterocycles. The molecule has 3 heterocycles. The quantitative estimate of drug-likeness (QED) is 0.0202. The lowest BCUT2D eigenvalue weighted by Crippen LogP contribution is -2.44. The minimum Gasteiger partial charge on any atom is -0.322 e. The molecule has 0 bridgehead atoms. The topological polar surface area (TPSA) is 157 Å². The van der Waals surface area contributed by atoms with Gasteiger partial charge in [0.1, 0.15) is 16.6 Å². The van der Waals surface area contributed by atoms with Gasteiger partial charge in [0, 0.05) is 16.6 Å². The molecule has 3 unspecified atom stereocenters. The Hall–Kier alpha value is -1.50. The highest BCUT2D eigenvalue weighted by atomic mass is 32.9. The van der Waals surface area contributed by atoms with Crippen molar-refractivity contribution >= 4 is 120 Å². The molecule has 18 nitrogen and oxygen atoms in total. The number of unbranched alkanes of at least 4 members (excludes halogenated alkanes) is 42. The lowest BCUT2D eigenvalue weighted by Gasteiger charge is -2.39. The van der Waals surface area contributed by atoms with Gasteiger partial charge in [-0.1, -0.05) is 431 Å². The van der Waals surface area contributed by atoms with Crippen LogP contribution in [0.2, 0.25) is 0 Å². The van der Waals surface area contributed by atoms with Crippen molar-refractivity contribution in [3.8, 4) is 0 Å². The van der Waals surface area contributed by atoms with Gasteiger partial charge in [-0.25, -0.2) is 14.0 Å². The molecular weight excluding hydrogens is 1810 g/mol. The van der Waals surface area contributed by atoms with Gasteiger partial charge in [-0.15, -0.1) is 15.3 Å². The highest BCUT2D eigenvalue weighted by molar-refractivity contribution is 8.68. The summed E-state index contributed by atoms with van der Waals surface area (Å²) in [5.74, 6) is 2.22. The van der Waals surface area contributed by atoms with Crippen LogP contribution < -0.4 is 0 Å². The minimum absolute atomic E-state index is 0.0186. The Labute approximate surface area is 836 Å². The zero-order valence-electron chi connectivity index (χ0n) is 87.4. The molecule has 27 heteroatoms. The van der Waals surface area contributed by atoms with Gasteiger partial charge in [0.05, 0.1) is 92.8 Å². The van der Waals surface area contributed by atoms with E-state index in [0.717, 1.165) is 115 Å². The molecule has 0 aliphatic heterocycles. The van der Waals surface area contributed by atoms with E-state index in [0.29, 0.717) is 46.4 Å². The lowest BCUT2D eigenvalue weighted by atomic mass is 9.94. The first-order chi connectivity index (χ1) is 63.7. The maximum absolute atomic E-state index is 6.61. The van der Waals surface area contributed by atoms with Crippen LogP contribution in [-0.2, 0) is 82.6 Å². The third-order valence-electron chi connectivity index (χ3n) is 25.6. The Bertz CT molecular complexity index is 3930. The summed E-state index contributed by atoms with van der Waals surface area (Å²) in [6.07, 6.45) is 69.0. The van der Waals surface area contributed by atoms with Crippen molar-refractivity contribution in [1.82, 2.24) is 59.7 Å². The van der Waals surface area contributed by atoms with E-state index >= 15 is 0 Å². The predicted molar refractivity (Wildman–Crippen MR) is 591 cm³/mol. The van der Waals surface area contributed by atoms with Crippen LogP contribution in [0.3, 0.4) is 0 Å². The Morgan fingerprint density at radius 1 is 0.318 bits per heavy atom. The van der Waals surface area contributed by atoms with Crippen LogP contribution in [0.25, 0.3) is 33.1 Å². The van der Waals surface area contributed by atoms with Gasteiger partial charge in [0.2, 0.25) is 17.1 Å². The second kappa shape index (κ2) is 74.4. The van der Waals surface area contributed by atoms with E-state index in [-0.39, 0.29) is 28.8 Å². The zero-order chi connectivity index (χ0) is 96.3. The minimum atomic E-state index is -2.54. The van der Waals surface area contributed by atoms with Crippen molar-refractivity contribution < 1.29 is 27.1 Å². The second-order valence-electron chi connectivity index (χ2n) is 39.6. The fraction of sp³-hybridized carbons (Fsp3) is 0.829. The average Bonchev–Trinajstić information content (AvgIpc) is 1.66. The van der Waals surface area contributed by atoms with E-state index in [1.807, 2.05) is 33.6 Å². The maximum Gasteiger partial charge on any atom is 0.249 e. The number of para-hydroxylation sites is 2. The van der Waals surface area contributed by atoms with Crippen LogP contribution in [-0.4, -0.2) is 133 Å². The lowest BCUT2D eigenvalue weighted by molar-refractivity contribution is 0.0928. The van der Waals surface area contributed by atoms with Gasteiger partial charge in [-0.05, 0) is 198 Å². The monoisotopic (exact) mass is 2010 g/mol. The summed E-state index contributed by atoms with van der Waals surface area (Å²) in [5.41, 5.74) is -0.363. The van der Waals surface area contributed by atoms with E-state index < -0.39 is 17.1 Å². The number of hydrogen-bond donors (Lipinski definition) is 0. The van der Waals surface area contributed by atoms with Gasteiger partial charge < -0.3 is 27.1 Å². The standard InChI is InChI=1S/C44H83N4O2PS2.C32H59N4O2PS2.C29H53N4O2PS2/c1-7-10-13-16-19-22-23-26-29-32-37-50-51(52,49-36-31-28-25-21-18-15-12-9-3)53-40-47(39-48-43-34-33-41(4)38-42(43)45-46-48)44(5,6)35-30-27-24-20-17-14-11-8-2;1-8-10-12-14-15-16-17-21-25-32(6,7)35(26-36-31-24-20-19-23-30(31)33-34-36)27-41-39(40,37-28(3)4)38-29(5)22-18-13-11-9-2;1-6-9-12-13-14-15-16-19-22-29(4,5)32(25-33-28-21-18-17-20-27(28)30-31-33)26-38-36(37,34-23-10-7-2)35-24-11-8-3/h33-34,38H,7-32,35-37,39-40H2,1-6H3;19-20,23-24,28-29H,8-18,21-22,25-27H2,1-7H3;17-18,20-21H,6-16,19,22-26H2,1-5H3. The van der Waals surface area contributed by atoms with E-state index in [4.69, 9.17) is 62.6 Å². The Morgan fingerprint density at radius 2 is 0.583 bits per heavy atom. The zero-order valence-corrected chi connectivity index (χ0v) is 94.9. The molecule has 0 spiro atoms. The van der Waals surface area contributed by atoms with Crippen LogP contribution in [0.15, 0.2) is 66.7 Å². The molecule has 6 aromatic rings. The van der Waals surface area contributed by atoms with Gasteiger partial charge in [0.25, 0.3) is 0 Å². The first-order valence-corrected chi connectivity index (χ1v) is 66.2. The molecular formula is C105H195N12O6P3S6. The van der Waals surface area contributed by atoms with Crippen LogP contribution in [0.1, 0.15) is 470 Å². The molecule has 0 saturated carbocycles. The molecule has 3 atom stereocenters. The number of rotatable bonds is 84. The first-order valence-electron chi connectivity index (χ1n) is 53.5. The molecule has 3 aromatic carbocycles. The van der Waals surface area contributed by atoms with Gasteiger partial charge in [-0.2, -0.15) is 0 Å². The molecule has 0 amide bonds. The van der Waals surface area contributed by atoms with Crippen molar-refractivity contribution in [2.24, 2.45) is 0 Å². The second-order valence-corrected chi connectivity index (χ2v) is 58.4. The molecule has 0 saturated heterocycles. The predicted octanol–water partition coefficient (Wildman–Crippen LogP) is 35.6. The normalized spacial score (nSPS) is 13.6. The van der Waals surface area contributed by atoms with Gasteiger partial charge in [0.15, 0.2) is 0 Å². The van der Waals surface area contributed by atoms with Crippen molar-refractivity contribution in [2.45, 2.75) is 520 Å². The SMILES string of the molecule is CCCCCCCCCCC(C)(C)N(CSP(=S)(OC(C)C)OC(C)CCCCCC)Cn1nnc2ccccc21.CCCCCCCCCCC(C)(C)N(CSP(=S)(OCCCC)OCCCC)Cn1nnc2ccccc21.CCCCCCCCCCCCOP(=S)(OCCCCCCCCCC)SCN(Cn1nnc2cc(C)ccc21)C(C)(C)CCCCCCCCCC. The van der Waals surface area contributed by atoms with Crippen molar-refractivity contribution in [3.05, 3.63) is 72.3 Å². The summed E-state index contributed by atoms with van der Waals surface area (Å²) in [4.78, 5) is 7.55. The molecule has 132 heavy (non-hydrogen) atoms. The van der Waals surface area contributed by atoms with Crippen LogP contribution >= 0.6 is 51.2 Å². The Morgan fingerprint density at radius 3 is 0.902 bits per heavy atom. The number of aromatic nitrogens is 9. The summed E-state index contributed by atoms with van der Waals surface area (Å²) in [7, 11) is 0. The number of benzene rings is 3. The number of fused-ring (bicyclic) bond motifs is 3.